The van der Waals surface area contributed by atoms with E-state index in [2.05, 4.69) is 25.0 Å². The molecule has 0 bridgehead atoms. The Morgan fingerprint density at radius 2 is 1.62 bits per heavy atom. The van der Waals surface area contributed by atoms with Crippen molar-refractivity contribution in [3.8, 4) is 0 Å². The second-order valence-corrected chi connectivity index (χ2v) is 7.22. The Morgan fingerprint density at radius 1 is 1.00 bits per heavy atom. The van der Waals surface area contributed by atoms with Gasteiger partial charge in [0.25, 0.3) is 0 Å². The maximum atomic E-state index is 13.6. The first-order valence-electron chi connectivity index (χ1n) is 9.86. The van der Waals surface area contributed by atoms with E-state index < -0.39 is 17.7 Å². The quantitative estimate of drug-likeness (QED) is 0.294. The number of aryl methyl sites for hydroxylation is 1. The molecule has 9 heteroatoms. The van der Waals surface area contributed by atoms with Crippen LogP contribution < -0.4 is 5.84 Å². The average Bonchev–Trinajstić information content (AvgIpc) is 3.12. The van der Waals surface area contributed by atoms with Crippen LogP contribution in [0.2, 0.25) is 0 Å². The van der Waals surface area contributed by atoms with Crippen LogP contribution in [0.4, 0.5) is 8.78 Å². The van der Waals surface area contributed by atoms with E-state index in [1.165, 1.54) is 12.1 Å². The van der Waals surface area contributed by atoms with Crippen molar-refractivity contribution in [1.29, 1.82) is 0 Å². The molecule has 0 saturated heterocycles. The fourth-order valence-electron chi connectivity index (χ4n) is 3.76. The van der Waals surface area contributed by atoms with Gasteiger partial charge in [-0.25, -0.2) is 13.8 Å². The third kappa shape index (κ3) is 3.84. The van der Waals surface area contributed by atoms with Crippen LogP contribution in [0.5, 0.6) is 0 Å². The smallest absolute Gasteiger partial charge is 0.141 e. The number of fused-ring (bicyclic) bond motifs is 1. The number of halogens is 2. The van der Waals surface area contributed by atoms with Crippen LogP contribution in [0, 0.1) is 18.6 Å². The van der Waals surface area contributed by atoms with Crippen LogP contribution in [0.25, 0.3) is 11.0 Å². The normalized spacial score (nSPS) is 12.7. The molecule has 3 aromatic heterocycles. The predicted molar refractivity (Wildman–Crippen MR) is 120 cm³/mol. The number of nitrogens with two attached hydrogens (primary N) is 1. The minimum absolute atomic E-state index is 0.450. The Morgan fingerprint density at radius 3 is 2.12 bits per heavy atom. The van der Waals surface area contributed by atoms with E-state index in [0.717, 1.165) is 29.0 Å². The fourth-order valence-corrected chi connectivity index (χ4v) is 3.76. The van der Waals surface area contributed by atoms with Crippen molar-refractivity contribution in [3.63, 3.8) is 0 Å². The molecule has 4 rings (SSSR count). The number of imidazole rings is 1. The largest absolute Gasteiger partial charge is 0.323 e. The Labute approximate surface area is 183 Å². The molecule has 0 aliphatic heterocycles. The first-order valence-corrected chi connectivity index (χ1v) is 9.86. The molecule has 0 spiro atoms. The topological polar surface area (TPSA) is 94.3 Å². The molecule has 0 fully saturated rings. The van der Waals surface area contributed by atoms with Crippen molar-refractivity contribution >= 4 is 22.5 Å². The second kappa shape index (κ2) is 8.62. The summed E-state index contributed by atoms with van der Waals surface area (Å²) < 4.78 is 29.1. The molecule has 0 radical (unpaired) electrons. The van der Waals surface area contributed by atoms with E-state index in [1.807, 2.05) is 29.7 Å². The van der Waals surface area contributed by atoms with Gasteiger partial charge in [0.05, 0.1) is 46.2 Å². The van der Waals surface area contributed by atoms with Crippen molar-refractivity contribution in [2.24, 2.45) is 15.9 Å². The van der Waals surface area contributed by atoms with Crippen LogP contribution in [0.1, 0.15) is 35.7 Å². The highest BCUT2D eigenvalue weighted by molar-refractivity contribution is 6.47. The zero-order valence-corrected chi connectivity index (χ0v) is 17.8. The average molecular weight is 433 g/mol. The zero-order chi connectivity index (χ0) is 22.8. The molecule has 2 N–H and O–H groups in total. The highest BCUT2D eigenvalue weighted by atomic mass is 19.1. The summed E-state index contributed by atoms with van der Waals surface area (Å²) in [4.78, 5) is 17.6. The van der Waals surface area contributed by atoms with Gasteiger partial charge in [-0.1, -0.05) is 6.07 Å². The van der Waals surface area contributed by atoms with E-state index in [-0.39, 0.29) is 0 Å². The summed E-state index contributed by atoms with van der Waals surface area (Å²) in [5, 5.41) is 3.76. The molecule has 162 valence electrons. The van der Waals surface area contributed by atoms with Crippen LogP contribution >= 0.6 is 0 Å². The van der Waals surface area contributed by atoms with Crippen LogP contribution in [0.15, 0.2) is 65.0 Å². The second-order valence-electron chi connectivity index (χ2n) is 7.22. The minimum Gasteiger partial charge on any atom is -0.323 e. The molecular weight excluding hydrogens is 412 g/mol. The molecule has 0 amide bonds. The Kier molecular flexibility index (Phi) is 5.72. The van der Waals surface area contributed by atoms with Gasteiger partial charge in [0.15, 0.2) is 0 Å². The van der Waals surface area contributed by atoms with Gasteiger partial charge >= 0.3 is 0 Å². The van der Waals surface area contributed by atoms with Gasteiger partial charge in [-0.2, -0.15) is 5.10 Å². The molecule has 1 aromatic carbocycles. The summed E-state index contributed by atoms with van der Waals surface area (Å²) in [5.41, 5.74) is 4.67. The van der Waals surface area contributed by atoms with Gasteiger partial charge in [-0.05, 0) is 50.2 Å². The maximum absolute atomic E-state index is 13.6. The van der Waals surface area contributed by atoms with Gasteiger partial charge in [0, 0.05) is 12.6 Å². The number of aromatic nitrogens is 4. The summed E-state index contributed by atoms with van der Waals surface area (Å²) in [5.74, 6) is 5.26. The summed E-state index contributed by atoms with van der Waals surface area (Å²) in [7, 11) is 1.67. The van der Waals surface area contributed by atoms with E-state index in [4.69, 9.17) is 5.84 Å². The number of hydrogen-bond acceptors (Lipinski definition) is 6. The van der Waals surface area contributed by atoms with Crippen LogP contribution in [-0.4, -0.2) is 38.0 Å². The molecule has 0 aliphatic rings. The van der Waals surface area contributed by atoms with Gasteiger partial charge < -0.3 is 10.4 Å². The zero-order valence-electron chi connectivity index (χ0n) is 17.8. The molecule has 4 aromatic rings. The lowest BCUT2D eigenvalue weighted by Gasteiger charge is -2.21. The van der Waals surface area contributed by atoms with Gasteiger partial charge in [0.2, 0.25) is 0 Å². The summed E-state index contributed by atoms with van der Waals surface area (Å²) in [6.07, 6.45) is 2.29. The first kappa shape index (κ1) is 21.2. The standard InChI is InChI=1S/C23H21F2N7/c1-13(31-26)22(27-3)15-4-7-18-21(10-15)32(14(2)30-18)23(19-8-5-16(24)11-28-19)20-9-6-17(25)12-29-20/h4-12,23H,26H2,1-3H3. The van der Waals surface area contributed by atoms with E-state index in [0.29, 0.717) is 28.6 Å². The van der Waals surface area contributed by atoms with Gasteiger partial charge in [-0.15, -0.1) is 0 Å². The Balaban J connectivity index is 1.98. The number of pyridine rings is 2. The third-order valence-corrected chi connectivity index (χ3v) is 5.22. The number of hydrogen-bond donors (Lipinski definition) is 1. The summed E-state index contributed by atoms with van der Waals surface area (Å²) in [6, 6.07) is 11.0. The van der Waals surface area contributed by atoms with Crippen LogP contribution in [0.3, 0.4) is 0 Å². The SMILES string of the molecule is CN=C(C(C)=NN)c1ccc2nc(C)n(C(c3ccc(F)cn3)c3ccc(F)cn3)c2c1. The van der Waals surface area contributed by atoms with Crippen molar-refractivity contribution in [2.45, 2.75) is 19.9 Å². The van der Waals surface area contributed by atoms with Crippen molar-refractivity contribution < 1.29 is 8.78 Å². The van der Waals surface area contributed by atoms with E-state index >= 15 is 0 Å². The lowest BCUT2D eigenvalue weighted by molar-refractivity contribution is 0.594. The molecular formula is C23H21F2N7. The molecule has 0 saturated carbocycles. The van der Waals surface area contributed by atoms with E-state index in [9.17, 15) is 8.78 Å². The lowest BCUT2D eigenvalue weighted by atomic mass is 10.0. The predicted octanol–water partition coefficient (Wildman–Crippen LogP) is 3.80. The highest BCUT2D eigenvalue weighted by Crippen LogP contribution is 2.30. The Hall–Kier alpha value is -4.01. The van der Waals surface area contributed by atoms with Crippen molar-refractivity contribution in [3.05, 3.63) is 89.3 Å². The van der Waals surface area contributed by atoms with E-state index in [1.54, 1.807) is 26.1 Å². The summed E-state index contributed by atoms with van der Waals surface area (Å²) >= 11 is 0. The highest BCUT2D eigenvalue weighted by Gasteiger charge is 2.24. The molecule has 3 heterocycles. The van der Waals surface area contributed by atoms with Gasteiger partial charge in [-0.3, -0.25) is 15.0 Å². The molecule has 0 aliphatic carbocycles. The molecule has 0 unspecified atom stereocenters. The molecule has 0 atom stereocenters. The number of rotatable bonds is 5. The number of hydrazone groups is 1. The minimum atomic E-state index is -0.553. The fraction of sp³-hybridized carbons (Fsp3) is 0.174. The number of benzene rings is 1. The monoisotopic (exact) mass is 433 g/mol. The Bertz CT molecular complexity index is 1280. The van der Waals surface area contributed by atoms with Crippen LogP contribution in [-0.2, 0) is 0 Å². The van der Waals surface area contributed by atoms with Crippen molar-refractivity contribution in [2.75, 3.05) is 7.05 Å². The number of nitrogens with zero attached hydrogens (tertiary/aromatic N) is 6. The third-order valence-electron chi connectivity index (χ3n) is 5.22. The van der Waals surface area contributed by atoms with Gasteiger partial charge in [0.1, 0.15) is 23.5 Å². The first-order chi connectivity index (χ1) is 15.4. The molecule has 7 nitrogen and oxygen atoms in total. The van der Waals surface area contributed by atoms with Crippen molar-refractivity contribution in [1.82, 2.24) is 19.5 Å². The summed E-state index contributed by atoms with van der Waals surface area (Å²) in [6.45, 7) is 3.64. The molecule has 32 heavy (non-hydrogen) atoms. The number of aliphatic imine (C=N–C) groups is 1. The lowest BCUT2D eigenvalue weighted by Crippen LogP contribution is -2.17. The maximum Gasteiger partial charge on any atom is 0.141 e.